The standard InChI is InChI=1S/C24H28ClN5O/c25-21-17-20(9-10-22(21)31-18-19-7-2-1-3-8-19)28-24-27-13-11-23(29-24)26-12-6-16-30-14-4-5-15-30/h1-3,7-11,13,17H,4-6,12,14-16,18H2,(H2,26,27,28,29). The highest BCUT2D eigenvalue weighted by molar-refractivity contribution is 6.32. The Kier molecular flexibility index (Phi) is 7.58. The number of rotatable bonds is 10. The highest BCUT2D eigenvalue weighted by Crippen LogP contribution is 2.29. The van der Waals surface area contributed by atoms with Gasteiger partial charge in [-0.05, 0) is 68.7 Å². The Morgan fingerprint density at radius 2 is 1.87 bits per heavy atom. The molecule has 0 amide bonds. The molecule has 7 heteroatoms. The lowest BCUT2D eigenvalue weighted by atomic mass is 10.2. The molecule has 0 spiro atoms. The molecule has 3 aromatic rings. The molecular weight excluding hydrogens is 410 g/mol. The number of nitrogens with zero attached hydrogens (tertiary/aromatic N) is 3. The summed E-state index contributed by atoms with van der Waals surface area (Å²) < 4.78 is 5.83. The summed E-state index contributed by atoms with van der Waals surface area (Å²) in [6, 6.07) is 17.5. The van der Waals surface area contributed by atoms with E-state index in [-0.39, 0.29) is 0 Å². The number of benzene rings is 2. The first kappa shape index (κ1) is 21.4. The van der Waals surface area contributed by atoms with Crippen LogP contribution in [0.15, 0.2) is 60.8 Å². The van der Waals surface area contributed by atoms with Gasteiger partial charge >= 0.3 is 0 Å². The average molecular weight is 438 g/mol. The van der Waals surface area contributed by atoms with Crippen molar-refractivity contribution in [3.8, 4) is 5.75 Å². The lowest BCUT2D eigenvalue weighted by Gasteiger charge is -2.14. The zero-order valence-electron chi connectivity index (χ0n) is 17.6. The van der Waals surface area contributed by atoms with Crippen molar-refractivity contribution in [2.75, 3.05) is 36.8 Å². The third-order valence-corrected chi connectivity index (χ3v) is 5.53. The number of hydrogen-bond donors (Lipinski definition) is 2. The van der Waals surface area contributed by atoms with Crippen LogP contribution in [0.3, 0.4) is 0 Å². The molecule has 0 radical (unpaired) electrons. The van der Waals surface area contributed by atoms with Crippen LogP contribution in [0.5, 0.6) is 5.75 Å². The van der Waals surface area contributed by atoms with E-state index in [1.165, 1.54) is 25.9 Å². The van der Waals surface area contributed by atoms with E-state index < -0.39 is 0 Å². The smallest absolute Gasteiger partial charge is 0.229 e. The number of aromatic nitrogens is 2. The first-order chi connectivity index (χ1) is 15.3. The largest absolute Gasteiger partial charge is 0.487 e. The monoisotopic (exact) mass is 437 g/mol. The van der Waals surface area contributed by atoms with Gasteiger partial charge in [0.25, 0.3) is 0 Å². The molecule has 1 saturated heterocycles. The van der Waals surface area contributed by atoms with Gasteiger partial charge in [-0.2, -0.15) is 4.98 Å². The molecule has 0 atom stereocenters. The van der Waals surface area contributed by atoms with E-state index in [1.54, 1.807) is 6.20 Å². The lowest BCUT2D eigenvalue weighted by molar-refractivity contribution is 0.306. The number of anilines is 3. The van der Waals surface area contributed by atoms with Crippen molar-refractivity contribution in [3.63, 3.8) is 0 Å². The molecule has 2 N–H and O–H groups in total. The van der Waals surface area contributed by atoms with Crippen LogP contribution in [-0.2, 0) is 6.61 Å². The molecule has 2 heterocycles. The third kappa shape index (κ3) is 6.57. The molecule has 4 rings (SSSR count). The van der Waals surface area contributed by atoms with Gasteiger partial charge in [0.15, 0.2) is 0 Å². The second-order valence-corrected chi connectivity index (χ2v) is 8.05. The van der Waals surface area contributed by atoms with Crippen molar-refractivity contribution in [1.82, 2.24) is 14.9 Å². The predicted octanol–water partition coefficient (Wildman–Crippen LogP) is 5.35. The molecule has 1 aromatic heterocycles. The maximum absolute atomic E-state index is 6.41. The molecule has 162 valence electrons. The normalized spacial score (nSPS) is 13.8. The second-order valence-electron chi connectivity index (χ2n) is 7.64. The van der Waals surface area contributed by atoms with Crippen LogP contribution in [0.2, 0.25) is 5.02 Å². The molecule has 0 bridgehead atoms. The Labute approximate surface area is 188 Å². The molecule has 1 fully saturated rings. The van der Waals surface area contributed by atoms with Gasteiger partial charge in [-0.15, -0.1) is 0 Å². The van der Waals surface area contributed by atoms with Gasteiger partial charge in [0.2, 0.25) is 5.95 Å². The van der Waals surface area contributed by atoms with Gasteiger partial charge in [-0.1, -0.05) is 41.9 Å². The van der Waals surface area contributed by atoms with Gasteiger partial charge in [0.1, 0.15) is 18.2 Å². The van der Waals surface area contributed by atoms with E-state index in [0.717, 1.165) is 36.6 Å². The molecule has 1 aliphatic rings. The predicted molar refractivity (Wildman–Crippen MR) is 126 cm³/mol. The Hall–Kier alpha value is -2.83. The van der Waals surface area contributed by atoms with E-state index >= 15 is 0 Å². The average Bonchev–Trinajstić information content (AvgIpc) is 3.31. The first-order valence-electron chi connectivity index (χ1n) is 10.8. The first-order valence-corrected chi connectivity index (χ1v) is 11.2. The molecule has 6 nitrogen and oxygen atoms in total. The molecule has 0 unspecified atom stereocenters. The molecule has 0 aliphatic carbocycles. The maximum atomic E-state index is 6.41. The highest BCUT2D eigenvalue weighted by Gasteiger charge is 2.10. The van der Waals surface area contributed by atoms with E-state index in [4.69, 9.17) is 16.3 Å². The number of hydrogen-bond acceptors (Lipinski definition) is 6. The van der Waals surface area contributed by atoms with Crippen LogP contribution in [0.25, 0.3) is 0 Å². The summed E-state index contributed by atoms with van der Waals surface area (Å²) >= 11 is 6.41. The SMILES string of the molecule is Clc1cc(Nc2nccc(NCCCN3CCCC3)n2)ccc1OCc1ccccc1. The molecular formula is C24H28ClN5O. The Balaban J connectivity index is 1.28. The minimum atomic E-state index is 0.474. The number of ether oxygens (including phenoxy) is 1. The maximum Gasteiger partial charge on any atom is 0.229 e. The fourth-order valence-corrected chi connectivity index (χ4v) is 3.84. The van der Waals surface area contributed by atoms with Crippen LogP contribution < -0.4 is 15.4 Å². The summed E-state index contributed by atoms with van der Waals surface area (Å²) in [5, 5.41) is 7.13. The van der Waals surface area contributed by atoms with Crippen molar-refractivity contribution in [2.45, 2.75) is 25.9 Å². The quantitative estimate of drug-likeness (QED) is 0.417. The van der Waals surface area contributed by atoms with Crippen molar-refractivity contribution < 1.29 is 4.74 Å². The van der Waals surface area contributed by atoms with Crippen LogP contribution in [0, 0.1) is 0 Å². The van der Waals surface area contributed by atoms with Gasteiger partial charge in [0.05, 0.1) is 5.02 Å². The fraction of sp³-hybridized carbons (Fsp3) is 0.333. The van der Waals surface area contributed by atoms with Gasteiger partial charge in [0, 0.05) is 18.4 Å². The highest BCUT2D eigenvalue weighted by atomic mass is 35.5. The zero-order valence-corrected chi connectivity index (χ0v) is 18.3. The lowest BCUT2D eigenvalue weighted by Crippen LogP contribution is -2.22. The van der Waals surface area contributed by atoms with Crippen molar-refractivity contribution in [1.29, 1.82) is 0 Å². The molecule has 0 saturated carbocycles. The van der Waals surface area contributed by atoms with Crippen molar-refractivity contribution in [3.05, 3.63) is 71.4 Å². The number of halogens is 1. The van der Waals surface area contributed by atoms with Gasteiger partial charge < -0.3 is 20.3 Å². The Bertz CT molecular complexity index is 963. The summed E-state index contributed by atoms with van der Waals surface area (Å²) in [5.41, 5.74) is 1.90. The van der Waals surface area contributed by atoms with Crippen LogP contribution in [0.4, 0.5) is 17.5 Å². The Morgan fingerprint density at radius 1 is 1.03 bits per heavy atom. The van der Waals surface area contributed by atoms with E-state index in [1.807, 2.05) is 54.6 Å². The van der Waals surface area contributed by atoms with Crippen molar-refractivity contribution >= 4 is 29.1 Å². The van der Waals surface area contributed by atoms with Crippen LogP contribution in [-0.4, -0.2) is 41.0 Å². The third-order valence-electron chi connectivity index (χ3n) is 5.24. The molecule has 31 heavy (non-hydrogen) atoms. The topological polar surface area (TPSA) is 62.3 Å². The van der Waals surface area contributed by atoms with Gasteiger partial charge in [-0.3, -0.25) is 0 Å². The molecule has 1 aliphatic heterocycles. The minimum absolute atomic E-state index is 0.474. The summed E-state index contributed by atoms with van der Waals surface area (Å²) in [5.74, 6) is 1.98. The van der Waals surface area contributed by atoms with Gasteiger partial charge in [-0.25, -0.2) is 4.98 Å². The number of likely N-dealkylation sites (tertiary alicyclic amines) is 1. The molecule has 2 aromatic carbocycles. The summed E-state index contributed by atoms with van der Waals surface area (Å²) in [6.07, 6.45) is 5.51. The van der Waals surface area contributed by atoms with Crippen molar-refractivity contribution in [2.24, 2.45) is 0 Å². The summed E-state index contributed by atoms with van der Waals surface area (Å²) in [6.45, 7) is 4.98. The minimum Gasteiger partial charge on any atom is -0.487 e. The van der Waals surface area contributed by atoms with E-state index in [0.29, 0.717) is 23.3 Å². The van der Waals surface area contributed by atoms with E-state index in [9.17, 15) is 0 Å². The zero-order chi connectivity index (χ0) is 21.3. The van der Waals surface area contributed by atoms with Crippen LogP contribution >= 0.6 is 11.6 Å². The summed E-state index contributed by atoms with van der Waals surface area (Å²) in [7, 11) is 0. The Morgan fingerprint density at radius 3 is 2.68 bits per heavy atom. The van der Waals surface area contributed by atoms with Crippen LogP contribution in [0.1, 0.15) is 24.8 Å². The fourth-order valence-electron chi connectivity index (χ4n) is 3.60. The van der Waals surface area contributed by atoms with E-state index in [2.05, 4.69) is 25.5 Å². The second kappa shape index (κ2) is 11.0. The summed E-state index contributed by atoms with van der Waals surface area (Å²) in [4.78, 5) is 11.4. The number of nitrogens with one attached hydrogen (secondary N) is 2.